The van der Waals surface area contributed by atoms with Crippen LogP contribution in [0.5, 0.6) is 0 Å². The van der Waals surface area contributed by atoms with Gasteiger partial charge >= 0.3 is 5.97 Å². The first kappa shape index (κ1) is 19.3. The Bertz CT molecular complexity index is 659. The standard InChI is InChI=1S/C25H38O2/c1-17(8-13-23(26)27-4)20-11-12-21-19-10-9-18-7-5-6-15-24(18,2)22(19)14-16-25(20,21)3/h9,11,17,19,21-22H,5-8,10,12-16H2,1-4H3. The lowest BCUT2D eigenvalue weighted by molar-refractivity contribution is -0.140. The molecule has 6 atom stereocenters. The number of hydrogen-bond donors (Lipinski definition) is 0. The molecule has 4 aliphatic rings. The van der Waals surface area contributed by atoms with E-state index in [1.165, 1.54) is 58.5 Å². The van der Waals surface area contributed by atoms with Crippen molar-refractivity contribution >= 4 is 5.97 Å². The molecule has 27 heavy (non-hydrogen) atoms. The molecule has 0 N–H and O–H groups in total. The number of esters is 1. The highest BCUT2D eigenvalue weighted by Gasteiger charge is 2.56. The number of hydrogen-bond acceptors (Lipinski definition) is 2. The zero-order valence-corrected chi connectivity index (χ0v) is 17.9. The lowest BCUT2D eigenvalue weighted by Crippen LogP contribution is -2.49. The summed E-state index contributed by atoms with van der Waals surface area (Å²) in [5.74, 6) is 2.99. The molecule has 0 aromatic carbocycles. The third-order valence-electron chi connectivity index (χ3n) is 9.20. The molecule has 2 nitrogen and oxygen atoms in total. The van der Waals surface area contributed by atoms with Gasteiger partial charge in [-0.25, -0.2) is 0 Å². The molecular weight excluding hydrogens is 332 g/mol. The van der Waals surface area contributed by atoms with Crippen molar-refractivity contribution < 1.29 is 9.53 Å². The fourth-order valence-electron chi connectivity index (χ4n) is 7.65. The van der Waals surface area contributed by atoms with Crippen LogP contribution in [0, 0.1) is 34.5 Å². The van der Waals surface area contributed by atoms with Gasteiger partial charge in [0.05, 0.1) is 7.11 Å². The zero-order valence-electron chi connectivity index (χ0n) is 17.9. The van der Waals surface area contributed by atoms with Crippen molar-refractivity contribution in [1.29, 1.82) is 0 Å². The molecule has 0 saturated heterocycles. The summed E-state index contributed by atoms with van der Waals surface area (Å²) in [6.07, 6.45) is 17.6. The van der Waals surface area contributed by atoms with Crippen LogP contribution in [0.4, 0.5) is 0 Å². The van der Waals surface area contributed by atoms with Crippen molar-refractivity contribution in [3.05, 3.63) is 23.3 Å². The van der Waals surface area contributed by atoms with Crippen molar-refractivity contribution in [2.45, 2.75) is 85.0 Å². The summed E-state index contributed by atoms with van der Waals surface area (Å²) in [5, 5.41) is 0. The maximum absolute atomic E-state index is 11.6. The monoisotopic (exact) mass is 370 g/mol. The van der Waals surface area contributed by atoms with Crippen LogP contribution in [0.15, 0.2) is 23.3 Å². The highest BCUT2D eigenvalue weighted by molar-refractivity contribution is 5.69. The van der Waals surface area contributed by atoms with Crippen molar-refractivity contribution in [2.75, 3.05) is 7.11 Å². The lowest BCUT2D eigenvalue weighted by Gasteiger charge is -2.57. The largest absolute Gasteiger partial charge is 0.469 e. The van der Waals surface area contributed by atoms with E-state index in [0.717, 1.165) is 24.2 Å². The summed E-state index contributed by atoms with van der Waals surface area (Å²) in [6.45, 7) is 7.47. The number of fused-ring (bicyclic) bond motifs is 5. The van der Waals surface area contributed by atoms with Crippen LogP contribution in [0.2, 0.25) is 0 Å². The number of allylic oxidation sites excluding steroid dienone is 4. The summed E-state index contributed by atoms with van der Waals surface area (Å²) in [6, 6.07) is 0. The normalized spacial score (nSPS) is 41.6. The van der Waals surface area contributed by atoms with Gasteiger partial charge in [0.2, 0.25) is 0 Å². The minimum absolute atomic E-state index is 0.0685. The van der Waals surface area contributed by atoms with Gasteiger partial charge in [-0.15, -0.1) is 0 Å². The Balaban J connectivity index is 1.52. The number of ether oxygens (including phenoxy) is 1. The molecule has 2 saturated carbocycles. The molecular formula is C25H38O2. The summed E-state index contributed by atoms with van der Waals surface area (Å²) in [7, 11) is 1.50. The molecule has 0 radical (unpaired) electrons. The molecule has 6 unspecified atom stereocenters. The molecule has 0 aromatic rings. The van der Waals surface area contributed by atoms with Crippen LogP contribution >= 0.6 is 0 Å². The van der Waals surface area contributed by atoms with Gasteiger partial charge < -0.3 is 4.74 Å². The summed E-state index contributed by atoms with van der Waals surface area (Å²) >= 11 is 0. The second-order valence-corrected chi connectivity index (χ2v) is 10.3. The summed E-state index contributed by atoms with van der Waals surface area (Å²) in [5.41, 5.74) is 4.30. The van der Waals surface area contributed by atoms with E-state index in [1.54, 1.807) is 11.1 Å². The van der Waals surface area contributed by atoms with Gasteiger partial charge in [0.25, 0.3) is 0 Å². The third kappa shape index (κ3) is 3.02. The molecule has 0 aromatic heterocycles. The smallest absolute Gasteiger partial charge is 0.305 e. The SMILES string of the molecule is COC(=O)CCC(C)C1=CCC2C3CC=C4CCCCC4(C)C3CCC12C. The van der Waals surface area contributed by atoms with Crippen LogP contribution in [-0.4, -0.2) is 13.1 Å². The van der Waals surface area contributed by atoms with Gasteiger partial charge in [-0.2, -0.15) is 0 Å². The Morgan fingerprint density at radius 3 is 2.74 bits per heavy atom. The fraction of sp³-hybridized carbons (Fsp3) is 0.800. The quantitative estimate of drug-likeness (QED) is 0.419. The van der Waals surface area contributed by atoms with Crippen molar-refractivity contribution in [3.63, 3.8) is 0 Å². The molecule has 0 bridgehead atoms. The van der Waals surface area contributed by atoms with Gasteiger partial charge in [-0.3, -0.25) is 4.79 Å². The first-order chi connectivity index (χ1) is 12.9. The average Bonchev–Trinajstić information content (AvgIpc) is 3.02. The Hall–Kier alpha value is -1.05. The number of rotatable bonds is 4. The molecule has 4 rings (SSSR count). The summed E-state index contributed by atoms with van der Waals surface area (Å²) in [4.78, 5) is 11.6. The van der Waals surface area contributed by atoms with Gasteiger partial charge in [0.15, 0.2) is 0 Å². The maximum atomic E-state index is 11.6. The highest BCUT2D eigenvalue weighted by atomic mass is 16.5. The molecule has 0 heterocycles. The van der Waals surface area contributed by atoms with Crippen LogP contribution < -0.4 is 0 Å². The highest BCUT2D eigenvalue weighted by Crippen LogP contribution is 2.65. The zero-order chi connectivity index (χ0) is 19.2. The molecule has 0 aliphatic heterocycles. The number of carbonyl (C=O) groups is 1. The Morgan fingerprint density at radius 2 is 1.96 bits per heavy atom. The van der Waals surface area contributed by atoms with E-state index in [4.69, 9.17) is 4.74 Å². The Morgan fingerprint density at radius 1 is 1.15 bits per heavy atom. The minimum atomic E-state index is -0.0685. The summed E-state index contributed by atoms with van der Waals surface area (Å²) < 4.78 is 4.86. The van der Waals surface area contributed by atoms with E-state index < -0.39 is 0 Å². The molecule has 150 valence electrons. The van der Waals surface area contributed by atoms with Crippen molar-refractivity contribution in [2.24, 2.45) is 34.5 Å². The second-order valence-electron chi connectivity index (χ2n) is 10.3. The van der Waals surface area contributed by atoms with E-state index in [-0.39, 0.29) is 5.97 Å². The molecule has 4 aliphatic carbocycles. The first-order valence-corrected chi connectivity index (χ1v) is 11.4. The average molecular weight is 371 g/mol. The molecule has 0 amide bonds. The molecule has 2 fully saturated rings. The third-order valence-corrected chi connectivity index (χ3v) is 9.20. The predicted octanol–water partition coefficient (Wildman–Crippen LogP) is 6.46. The molecule has 0 spiro atoms. The lowest BCUT2D eigenvalue weighted by atomic mass is 9.47. The van der Waals surface area contributed by atoms with Gasteiger partial charge in [-0.1, -0.05) is 50.5 Å². The maximum Gasteiger partial charge on any atom is 0.305 e. The van der Waals surface area contributed by atoms with E-state index in [0.29, 0.717) is 23.2 Å². The number of carbonyl (C=O) groups excluding carboxylic acids is 1. The van der Waals surface area contributed by atoms with Crippen LogP contribution in [0.1, 0.15) is 85.0 Å². The molecule has 2 heteroatoms. The van der Waals surface area contributed by atoms with Gasteiger partial charge in [-0.05, 0) is 85.9 Å². The second kappa shape index (κ2) is 7.08. The Labute approximate surface area is 165 Å². The Kier molecular flexibility index (Phi) is 5.06. The fourth-order valence-corrected chi connectivity index (χ4v) is 7.65. The number of methoxy groups -OCH3 is 1. The van der Waals surface area contributed by atoms with Crippen molar-refractivity contribution in [1.82, 2.24) is 0 Å². The van der Waals surface area contributed by atoms with Gasteiger partial charge in [0.1, 0.15) is 0 Å². The van der Waals surface area contributed by atoms with E-state index in [2.05, 4.69) is 32.9 Å². The van der Waals surface area contributed by atoms with Gasteiger partial charge in [0, 0.05) is 6.42 Å². The van der Waals surface area contributed by atoms with E-state index in [9.17, 15) is 4.79 Å². The topological polar surface area (TPSA) is 26.3 Å². The minimum Gasteiger partial charge on any atom is -0.469 e. The van der Waals surface area contributed by atoms with E-state index >= 15 is 0 Å². The van der Waals surface area contributed by atoms with Crippen molar-refractivity contribution in [3.8, 4) is 0 Å². The van der Waals surface area contributed by atoms with Crippen LogP contribution in [0.25, 0.3) is 0 Å². The van der Waals surface area contributed by atoms with Crippen LogP contribution in [-0.2, 0) is 9.53 Å². The predicted molar refractivity (Wildman–Crippen MR) is 110 cm³/mol. The van der Waals surface area contributed by atoms with Crippen LogP contribution in [0.3, 0.4) is 0 Å². The van der Waals surface area contributed by atoms with E-state index in [1.807, 2.05) is 0 Å². The first-order valence-electron chi connectivity index (χ1n) is 11.4.